The van der Waals surface area contributed by atoms with Gasteiger partial charge in [0.2, 0.25) is 0 Å². The molecule has 3 amide bonds. The first kappa shape index (κ1) is 18.5. The standard InChI is InChI=1S/C22H26N4O2/c1-15-14-24(2)13-12-18(15)25(3)22(28)26-19-10-6-4-8-16(19)21(27)23-17-9-5-7-11-20(17)26/h4-11,15,18H,12-14H2,1-3H3,(H,23,27)/t15-,18+/m1/s1. The van der Waals surface area contributed by atoms with Crippen molar-refractivity contribution in [1.29, 1.82) is 0 Å². The van der Waals surface area contributed by atoms with E-state index in [-0.39, 0.29) is 18.0 Å². The Hall–Kier alpha value is -2.86. The Balaban J connectivity index is 1.77. The fourth-order valence-corrected chi connectivity index (χ4v) is 4.38. The summed E-state index contributed by atoms with van der Waals surface area (Å²) in [4.78, 5) is 32.3. The maximum Gasteiger partial charge on any atom is 0.329 e. The molecule has 1 N–H and O–H groups in total. The molecule has 146 valence electrons. The van der Waals surface area contributed by atoms with Crippen molar-refractivity contribution in [3.63, 3.8) is 0 Å². The molecule has 2 aliphatic heterocycles. The number of carbonyl (C=O) groups is 2. The molecular weight excluding hydrogens is 352 g/mol. The van der Waals surface area contributed by atoms with Crippen molar-refractivity contribution in [2.45, 2.75) is 19.4 Å². The molecule has 0 aliphatic carbocycles. The molecule has 2 aromatic rings. The molecule has 6 heteroatoms. The molecule has 0 bridgehead atoms. The van der Waals surface area contributed by atoms with Gasteiger partial charge >= 0.3 is 6.03 Å². The second-order valence-corrected chi connectivity index (χ2v) is 7.81. The van der Waals surface area contributed by atoms with Crippen LogP contribution in [0.3, 0.4) is 0 Å². The molecule has 0 saturated carbocycles. The first-order valence-corrected chi connectivity index (χ1v) is 9.72. The zero-order valence-corrected chi connectivity index (χ0v) is 16.6. The molecule has 1 saturated heterocycles. The van der Waals surface area contributed by atoms with Crippen molar-refractivity contribution >= 4 is 29.0 Å². The van der Waals surface area contributed by atoms with Gasteiger partial charge in [-0.1, -0.05) is 31.2 Å². The number of hydrogen-bond acceptors (Lipinski definition) is 3. The predicted molar refractivity (Wildman–Crippen MR) is 111 cm³/mol. The van der Waals surface area contributed by atoms with Gasteiger partial charge in [0.1, 0.15) is 0 Å². The lowest BCUT2D eigenvalue weighted by atomic mass is 9.93. The largest absolute Gasteiger partial charge is 0.329 e. The minimum atomic E-state index is -0.200. The third-order valence-electron chi connectivity index (χ3n) is 5.84. The van der Waals surface area contributed by atoms with Gasteiger partial charge in [0.25, 0.3) is 5.91 Å². The van der Waals surface area contributed by atoms with Crippen molar-refractivity contribution in [2.75, 3.05) is 37.4 Å². The van der Waals surface area contributed by atoms with Gasteiger partial charge in [-0.05, 0) is 50.2 Å². The summed E-state index contributed by atoms with van der Waals surface area (Å²) in [5.74, 6) is 0.179. The van der Waals surface area contributed by atoms with Crippen LogP contribution in [0.1, 0.15) is 23.7 Å². The second-order valence-electron chi connectivity index (χ2n) is 7.81. The van der Waals surface area contributed by atoms with Crippen LogP contribution in [0.15, 0.2) is 48.5 Å². The maximum atomic E-state index is 13.7. The molecule has 6 nitrogen and oxygen atoms in total. The number of anilines is 3. The molecular formula is C22H26N4O2. The number of para-hydroxylation sites is 3. The molecule has 28 heavy (non-hydrogen) atoms. The quantitative estimate of drug-likeness (QED) is 0.822. The fourth-order valence-electron chi connectivity index (χ4n) is 4.38. The highest BCUT2D eigenvalue weighted by Gasteiger charge is 2.35. The Kier molecular flexibility index (Phi) is 4.81. The molecule has 2 aliphatic rings. The number of nitrogens with zero attached hydrogens (tertiary/aromatic N) is 3. The Morgan fingerprint density at radius 3 is 2.54 bits per heavy atom. The van der Waals surface area contributed by atoms with E-state index in [9.17, 15) is 9.59 Å². The van der Waals surface area contributed by atoms with Gasteiger partial charge in [0.15, 0.2) is 0 Å². The van der Waals surface area contributed by atoms with Crippen molar-refractivity contribution < 1.29 is 9.59 Å². The van der Waals surface area contributed by atoms with E-state index in [2.05, 4.69) is 24.2 Å². The first-order valence-electron chi connectivity index (χ1n) is 9.72. The van der Waals surface area contributed by atoms with Gasteiger partial charge in [-0.2, -0.15) is 0 Å². The highest BCUT2D eigenvalue weighted by Crippen LogP contribution is 2.39. The van der Waals surface area contributed by atoms with Gasteiger partial charge in [0, 0.05) is 19.6 Å². The van der Waals surface area contributed by atoms with E-state index in [0.29, 0.717) is 28.5 Å². The lowest BCUT2D eigenvalue weighted by molar-refractivity contribution is 0.102. The number of carbonyl (C=O) groups excluding carboxylic acids is 2. The molecule has 2 aromatic carbocycles. The maximum absolute atomic E-state index is 13.7. The summed E-state index contributed by atoms with van der Waals surface area (Å²) in [6, 6.07) is 14.8. The number of amides is 3. The van der Waals surface area contributed by atoms with Gasteiger partial charge in [-0.25, -0.2) is 4.79 Å². The van der Waals surface area contributed by atoms with Crippen LogP contribution < -0.4 is 10.2 Å². The number of piperidine rings is 1. The summed E-state index contributed by atoms with van der Waals surface area (Å²) < 4.78 is 0. The third-order valence-corrected chi connectivity index (χ3v) is 5.84. The van der Waals surface area contributed by atoms with Crippen LogP contribution in [0.2, 0.25) is 0 Å². The summed E-state index contributed by atoms with van der Waals surface area (Å²) in [5.41, 5.74) is 2.44. The summed E-state index contributed by atoms with van der Waals surface area (Å²) in [5, 5.41) is 2.94. The molecule has 0 unspecified atom stereocenters. The highest BCUT2D eigenvalue weighted by atomic mass is 16.2. The minimum Gasteiger partial charge on any atom is -0.324 e. The second kappa shape index (κ2) is 7.28. The van der Waals surface area contributed by atoms with E-state index >= 15 is 0 Å². The average molecular weight is 378 g/mol. The van der Waals surface area contributed by atoms with Gasteiger partial charge in [-0.15, -0.1) is 0 Å². The topological polar surface area (TPSA) is 55.9 Å². The molecule has 0 spiro atoms. The SMILES string of the molecule is C[C@@H]1CN(C)CC[C@@H]1N(C)C(=O)N1c2ccccc2NC(=O)c2ccccc21. The Morgan fingerprint density at radius 1 is 1.11 bits per heavy atom. The zero-order chi connectivity index (χ0) is 19.8. The summed E-state index contributed by atoms with van der Waals surface area (Å²) in [7, 11) is 3.99. The monoisotopic (exact) mass is 378 g/mol. The van der Waals surface area contributed by atoms with E-state index in [0.717, 1.165) is 19.5 Å². The number of hydrogen-bond donors (Lipinski definition) is 1. The Bertz CT molecular complexity index is 913. The van der Waals surface area contributed by atoms with E-state index in [1.165, 1.54) is 0 Å². The number of likely N-dealkylation sites (tertiary alicyclic amines) is 1. The van der Waals surface area contributed by atoms with E-state index < -0.39 is 0 Å². The lowest BCUT2D eigenvalue weighted by Gasteiger charge is -2.41. The van der Waals surface area contributed by atoms with Crippen LogP contribution in [-0.4, -0.2) is 55.0 Å². The van der Waals surface area contributed by atoms with Crippen molar-refractivity contribution in [3.8, 4) is 0 Å². The number of nitrogens with one attached hydrogen (secondary N) is 1. The summed E-state index contributed by atoms with van der Waals surface area (Å²) >= 11 is 0. The number of rotatable bonds is 1. The van der Waals surface area contributed by atoms with Crippen LogP contribution in [-0.2, 0) is 0 Å². The van der Waals surface area contributed by atoms with Gasteiger partial charge in [-0.3, -0.25) is 9.69 Å². The minimum absolute atomic E-state index is 0.113. The molecule has 1 fully saturated rings. The number of fused-ring (bicyclic) bond motifs is 2. The highest BCUT2D eigenvalue weighted by molar-refractivity contribution is 6.17. The molecule has 0 aromatic heterocycles. The Labute approximate surface area is 165 Å². The Morgan fingerprint density at radius 2 is 1.79 bits per heavy atom. The van der Waals surface area contributed by atoms with Gasteiger partial charge < -0.3 is 15.1 Å². The van der Waals surface area contributed by atoms with E-state index in [1.54, 1.807) is 11.0 Å². The number of urea groups is 1. The fraction of sp³-hybridized carbons (Fsp3) is 0.364. The third kappa shape index (κ3) is 3.14. The van der Waals surface area contributed by atoms with Crippen LogP contribution in [0.5, 0.6) is 0 Å². The number of benzene rings is 2. The lowest BCUT2D eigenvalue weighted by Crippen LogP contribution is -2.52. The van der Waals surface area contributed by atoms with Gasteiger partial charge in [0.05, 0.1) is 22.6 Å². The first-order chi connectivity index (χ1) is 13.5. The van der Waals surface area contributed by atoms with Crippen molar-refractivity contribution in [2.24, 2.45) is 5.92 Å². The van der Waals surface area contributed by atoms with Crippen molar-refractivity contribution in [3.05, 3.63) is 54.1 Å². The summed E-state index contributed by atoms with van der Waals surface area (Å²) in [6.07, 6.45) is 0.939. The zero-order valence-electron chi connectivity index (χ0n) is 16.6. The van der Waals surface area contributed by atoms with Crippen LogP contribution >= 0.6 is 0 Å². The molecule has 2 atom stereocenters. The van der Waals surface area contributed by atoms with E-state index in [1.807, 2.05) is 54.4 Å². The van der Waals surface area contributed by atoms with Crippen molar-refractivity contribution in [1.82, 2.24) is 9.80 Å². The van der Waals surface area contributed by atoms with Crippen LogP contribution in [0, 0.1) is 5.92 Å². The van der Waals surface area contributed by atoms with Crippen LogP contribution in [0.25, 0.3) is 0 Å². The van der Waals surface area contributed by atoms with E-state index in [4.69, 9.17) is 0 Å². The molecule has 0 radical (unpaired) electrons. The smallest absolute Gasteiger partial charge is 0.324 e. The molecule has 4 rings (SSSR count). The summed E-state index contributed by atoms with van der Waals surface area (Å²) in [6.45, 7) is 4.13. The average Bonchev–Trinajstić information content (AvgIpc) is 2.81. The predicted octanol–water partition coefficient (Wildman–Crippen LogP) is 3.78. The van der Waals surface area contributed by atoms with Crippen LogP contribution in [0.4, 0.5) is 21.9 Å². The molecule has 2 heterocycles. The normalized spacial score (nSPS) is 22.0.